The summed E-state index contributed by atoms with van der Waals surface area (Å²) in [6.45, 7) is 1.14. The summed E-state index contributed by atoms with van der Waals surface area (Å²) in [6.07, 6.45) is 6.53. The van der Waals surface area contributed by atoms with E-state index in [2.05, 4.69) is 15.3 Å². The predicted octanol–water partition coefficient (Wildman–Crippen LogP) is 5.12. The Bertz CT molecular complexity index is 1340. The SMILES string of the molecule is COc1cc(/C=C/c2cc(-c3cc4c([nH]3)CCNC4=O)ccn2)ccc1OCc1ccccc1. The van der Waals surface area contributed by atoms with E-state index in [1.807, 2.05) is 78.9 Å². The summed E-state index contributed by atoms with van der Waals surface area (Å²) in [5, 5.41) is 2.88. The molecule has 0 atom stereocenters. The minimum absolute atomic E-state index is 0.0249. The van der Waals surface area contributed by atoms with E-state index in [1.54, 1.807) is 13.3 Å². The lowest BCUT2D eigenvalue weighted by Crippen LogP contribution is -2.31. The van der Waals surface area contributed by atoms with Gasteiger partial charge < -0.3 is 19.8 Å². The van der Waals surface area contributed by atoms with Crippen LogP contribution in [0.3, 0.4) is 0 Å². The van der Waals surface area contributed by atoms with E-state index in [1.165, 1.54) is 0 Å². The number of ether oxygens (including phenoxy) is 2. The molecule has 4 aromatic rings. The number of hydrogen-bond donors (Lipinski definition) is 2. The molecule has 5 rings (SSSR count). The smallest absolute Gasteiger partial charge is 0.253 e. The van der Waals surface area contributed by atoms with Gasteiger partial charge >= 0.3 is 0 Å². The zero-order chi connectivity index (χ0) is 23.3. The minimum atomic E-state index is -0.0249. The van der Waals surface area contributed by atoms with Crippen LogP contribution in [0, 0.1) is 0 Å². The van der Waals surface area contributed by atoms with E-state index in [-0.39, 0.29) is 5.91 Å². The maximum Gasteiger partial charge on any atom is 0.253 e. The van der Waals surface area contributed by atoms with Crippen molar-refractivity contribution in [2.45, 2.75) is 13.0 Å². The van der Waals surface area contributed by atoms with Gasteiger partial charge in [-0.25, -0.2) is 0 Å². The van der Waals surface area contributed by atoms with Gasteiger partial charge in [-0.15, -0.1) is 0 Å². The highest BCUT2D eigenvalue weighted by atomic mass is 16.5. The number of pyridine rings is 1. The van der Waals surface area contributed by atoms with Crippen LogP contribution in [0.5, 0.6) is 11.5 Å². The minimum Gasteiger partial charge on any atom is -0.493 e. The number of benzene rings is 2. The van der Waals surface area contributed by atoms with Crippen molar-refractivity contribution in [3.05, 3.63) is 101 Å². The maximum atomic E-state index is 12.1. The Morgan fingerprint density at radius 2 is 1.88 bits per heavy atom. The number of amides is 1. The lowest BCUT2D eigenvalue weighted by molar-refractivity contribution is 0.0946. The Morgan fingerprint density at radius 1 is 1.00 bits per heavy atom. The lowest BCUT2D eigenvalue weighted by atomic mass is 10.1. The van der Waals surface area contributed by atoms with E-state index < -0.39 is 0 Å². The van der Waals surface area contributed by atoms with Crippen molar-refractivity contribution < 1.29 is 14.3 Å². The second-order valence-electron chi connectivity index (χ2n) is 8.07. The fraction of sp³-hybridized carbons (Fsp3) is 0.143. The Kier molecular flexibility index (Phi) is 6.12. The molecule has 0 saturated heterocycles. The third-order valence-corrected chi connectivity index (χ3v) is 5.77. The number of hydrogen-bond acceptors (Lipinski definition) is 4. The summed E-state index contributed by atoms with van der Waals surface area (Å²) in [5.41, 5.74) is 6.50. The van der Waals surface area contributed by atoms with Crippen molar-refractivity contribution in [3.8, 4) is 22.8 Å². The Labute approximate surface area is 198 Å². The number of fused-ring (bicyclic) bond motifs is 1. The summed E-state index contributed by atoms with van der Waals surface area (Å²) < 4.78 is 11.5. The van der Waals surface area contributed by atoms with Crippen LogP contribution < -0.4 is 14.8 Å². The van der Waals surface area contributed by atoms with Crippen molar-refractivity contribution in [1.82, 2.24) is 15.3 Å². The molecule has 0 spiro atoms. The zero-order valence-corrected chi connectivity index (χ0v) is 18.9. The highest BCUT2D eigenvalue weighted by molar-refractivity contribution is 5.97. The number of carbonyl (C=O) groups is 1. The third kappa shape index (κ3) is 4.71. The molecule has 1 aliphatic rings. The number of nitrogens with one attached hydrogen (secondary N) is 2. The van der Waals surface area contributed by atoms with Crippen molar-refractivity contribution in [3.63, 3.8) is 0 Å². The van der Waals surface area contributed by atoms with Crippen LogP contribution in [0.25, 0.3) is 23.4 Å². The Morgan fingerprint density at radius 3 is 2.71 bits per heavy atom. The van der Waals surface area contributed by atoms with Crippen molar-refractivity contribution >= 4 is 18.1 Å². The molecule has 1 aliphatic heterocycles. The van der Waals surface area contributed by atoms with E-state index in [4.69, 9.17) is 9.47 Å². The molecule has 170 valence electrons. The molecular weight excluding hydrogens is 426 g/mol. The quantitative estimate of drug-likeness (QED) is 0.409. The van der Waals surface area contributed by atoms with E-state index in [0.29, 0.717) is 24.7 Å². The van der Waals surface area contributed by atoms with Crippen LogP contribution in [0.2, 0.25) is 0 Å². The van der Waals surface area contributed by atoms with Gasteiger partial charge in [0.1, 0.15) is 6.61 Å². The van der Waals surface area contributed by atoms with Gasteiger partial charge in [0.2, 0.25) is 0 Å². The van der Waals surface area contributed by atoms with Crippen LogP contribution in [0.4, 0.5) is 0 Å². The van der Waals surface area contributed by atoms with Gasteiger partial charge in [-0.2, -0.15) is 0 Å². The number of rotatable bonds is 7. The molecule has 6 heteroatoms. The van der Waals surface area contributed by atoms with Gasteiger partial charge in [0, 0.05) is 36.1 Å². The number of H-pyrrole nitrogens is 1. The van der Waals surface area contributed by atoms with E-state index >= 15 is 0 Å². The monoisotopic (exact) mass is 451 g/mol. The molecule has 0 fully saturated rings. The Hall–Kier alpha value is -4.32. The number of methoxy groups -OCH3 is 1. The molecule has 2 aromatic carbocycles. The number of aromatic nitrogens is 2. The number of nitrogens with zero attached hydrogens (tertiary/aromatic N) is 1. The van der Waals surface area contributed by atoms with Crippen LogP contribution in [-0.2, 0) is 13.0 Å². The first-order valence-corrected chi connectivity index (χ1v) is 11.2. The molecule has 0 saturated carbocycles. The van der Waals surface area contributed by atoms with E-state index in [9.17, 15) is 4.79 Å². The summed E-state index contributed by atoms with van der Waals surface area (Å²) in [6, 6.07) is 21.7. The molecule has 34 heavy (non-hydrogen) atoms. The highest BCUT2D eigenvalue weighted by Gasteiger charge is 2.19. The van der Waals surface area contributed by atoms with Gasteiger partial charge in [0.15, 0.2) is 11.5 Å². The zero-order valence-electron chi connectivity index (χ0n) is 18.9. The first-order chi connectivity index (χ1) is 16.7. The first-order valence-electron chi connectivity index (χ1n) is 11.2. The first kappa shape index (κ1) is 21.5. The summed E-state index contributed by atoms with van der Waals surface area (Å²) in [5.74, 6) is 1.35. The molecule has 0 bridgehead atoms. The summed E-state index contributed by atoms with van der Waals surface area (Å²) in [4.78, 5) is 19.9. The predicted molar refractivity (Wildman–Crippen MR) is 133 cm³/mol. The second-order valence-corrected chi connectivity index (χ2v) is 8.07. The number of carbonyl (C=O) groups excluding carboxylic acids is 1. The van der Waals surface area contributed by atoms with Gasteiger partial charge in [-0.1, -0.05) is 42.5 Å². The molecule has 3 heterocycles. The van der Waals surface area contributed by atoms with Crippen molar-refractivity contribution in [2.24, 2.45) is 0 Å². The lowest BCUT2D eigenvalue weighted by Gasteiger charge is -2.11. The molecule has 6 nitrogen and oxygen atoms in total. The third-order valence-electron chi connectivity index (χ3n) is 5.77. The number of aromatic amines is 1. The van der Waals surface area contributed by atoms with Gasteiger partial charge in [0.25, 0.3) is 5.91 Å². The van der Waals surface area contributed by atoms with Crippen LogP contribution >= 0.6 is 0 Å². The molecular formula is C28H25N3O3. The van der Waals surface area contributed by atoms with Crippen molar-refractivity contribution in [2.75, 3.05) is 13.7 Å². The maximum absolute atomic E-state index is 12.1. The fourth-order valence-corrected chi connectivity index (χ4v) is 3.98. The van der Waals surface area contributed by atoms with Gasteiger partial charge in [-0.3, -0.25) is 9.78 Å². The topological polar surface area (TPSA) is 76.2 Å². The standard InChI is InChI=1S/C28H25N3O3/c1-33-27-15-19(8-10-26(27)34-18-20-5-3-2-4-6-20)7-9-22-16-21(11-13-29-22)25-17-23-24(31-25)12-14-30-28(23)32/h2-11,13,15-17,31H,12,14,18H2,1H3,(H,30,32)/b9-7+. The Balaban J connectivity index is 1.32. The molecule has 1 amide bonds. The average Bonchev–Trinajstić information content (AvgIpc) is 3.33. The molecule has 2 N–H and O–H groups in total. The largest absolute Gasteiger partial charge is 0.493 e. The normalized spacial score (nSPS) is 12.9. The van der Waals surface area contributed by atoms with Crippen LogP contribution in [0.1, 0.15) is 32.9 Å². The van der Waals surface area contributed by atoms with Crippen molar-refractivity contribution in [1.29, 1.82) is 0 Å². The second kappa shape index (κ2) is 9.67. The molecule has 0 radical (unpaired) electrons. The molecule has 0 aliphatic carbocycles. The molecule has 0 unspecified atom stereocenters. The van der Waals surface area contributed by atoms with Gasteiger partial charge in [0.05, 0.1) is 18.4 Å². The molecule has 2 aromatic heterocycles. The van der Waals surface area contributed by atoms with Crippen LogP contribution in [0.15, 0.2) is 72.9 Å². The highest BCUT2D eigenvalue weighted by Crippen LogP contribution is 2.30. The summed E-state index contributed by atoms with van der Waals surface area (Å²) >= 11 is 0. The van der Waals surface area contributed by atoms with Gasteiger partial charge in [-0.05, 0) is 47.5 Å². The van der Waals surface area contributed by atoms with Crippen LogP contribution in [-0.4, -0.2) is 29.5 Å². The summed E-state index contributed by atoms with van der Waals surface area (Å²) in [7, 11) is 1.64. The average molecular weight is 452 g/mol. The van der Waals surface area contributed by atoms with E-state index in [0.717, 1.165) is 45.8 Å². The fourth-order valence-electron chi connectivity index (χ4n) is 3.98.